The van der Waals surface area contributed by atoms with Crippen molar-refractivity contribution in [2.75, 3.05) is 6.61 Å². The highest BCUT2D eigenvalue weighted by Crippen LogP contribution is 2.31. The third kappa shape index (κ3) is 4.22. The zero-order chi connectivity index (χ0) is 16.4. The topological polar surface area (TPSA) is 64.4 Å². The Morgan fingerprint density at radius 3 is 2.78 bits per heavy atom. The van der Waals surface area contributed by atoms with E-state index in [-0.39, 0.29) is 29.7 Å². The summed E-state index contributed by atoms with van der Waals surface area (Å²) in [5.74, 6) is 0.511. The predicted octanol–water partition coefficient (Wildman–Crippen LogP) is 2.92. The average Bonchev–Trinajstić information content (AvgIpc) is 3.25. The summed E-state index contributed by atoms with van der Waals surface area (Å²) in [5.41, 5.74) is 6.60. The number of nitrogens with one attached hydrogen (secondary N) is 1. The lowest BCUT2D eigenvalue weighted by Crippen LogP contribution is -2.32. The number of halogens is 1. The molecule has 3 unspecified atom stereocenters. The summed E-state index contributed by atoms with van der Waals surface area (Å²) in [5, 5.41) is 2.96. The van der Waals surface area contributed by atoms with E-state index in [4.69, 9.17) is 10.5 Å². The summed E-state index contributed by atoms with van der Waals surface area (Å²) < 4.78 is 19.6. The first-order chi connectivity index (χ1) is 11.0. The highest BCUT2D eigenvalue weighted by Gasteiger charge is 2.28. The first kappa shape index (κ1) is 16.2. The molecule has 126 valence electrons. The van der Waals surface area contributed by atoms with Crippen LogP contribution in [-0.2, 0) is 4.79 Å². The van der Waals surface area contributed by atoms with E-state index >= 15 is 0 Å². The minimum atomic E-state index is -0.368. The van der Waals surface area contributed by atoms with Crippen LogP contribution in [0.15, 0.2) is 18.2 Å². The van der Waals surface area contributed by atoms with Gasteiger partial charge in [0.15, 0.2) is 11.6 Å². The second kappa shape index (κ2) is 6.87. The predicted molar refractivity (Wildman–Crippen MR) is 86.5 cm³/mol. The lowest BCUT2D eigenvalue weighted by atomic mass is 10.0. The molecule has 0 radical (unpaired) electrons. The van der Waals surface area contributed by atoms with Crippen LogP contribution < -0.4 is 15.8 Å². The maximum atomic E-state index is 14.1. The summed E-state index contributed by atoms with van der Waals surface area (Å²) in [6, 6.07) is 4.82. The normalized spacial score (nSPS) is 25.2. The molecule has 0 saturated heterocycles. The highest BCUT2D eigenvalue weighted by molar-refractivity contribution is 5.79. The summed E-state index contributed by atoms with van der Waals surface area (Å²) in [6.07, 6.45) is 4.82. The number of hydrogen-bond donors (Lipinski definition) is 2. The maximum absolute atomic E-state index is 14.1. The Labute approximate surface area is 136 Å². The molecule has 1 amide bonds. The quantitative estimate of drug-likeness (QED) is 0.847. The van der Waals surface area contributed by atoms with E-state index < -0.39 is 0 Å². The summed E-state index contributed by atoms with van der Waals surface area (Å²) >= 11 is 0. The van der Waals surface area contributed by atoms with Crippen LogP contribution in [0.2, 0.25) is 0 Å². The molecule has 23 heavy (non-hydrogen) atoms. The van der Waals surface area contributed by atoms with Crippen molar-refractivity contribution in [3.05, 3.63) is 29.6 Å². The number of hydrogen-bond acceptors (Lipinski definition) is 3. The molecule has 1 aromatic carbocycles. The van der Waals surface area contributed by atoms with Gasteiger partial charge in [-0.3, -0.25) is 4.79 Å². The van der Waals surface area contributed by atoms with Gasteiger partial charge in [0.05, 0.1) is 12.6 Å². The standard InChI is InChI=1S/C18H25FN2O2/c1-11(21-18(22)14-4-6-15(20)8-14)13-5-7-17(16(19)9-13)23-10-12-2-3-12/h5,7,9,11-12,14-15H,2-4,6,8,10,20H2,1H3,(H,21,22). The van der Waals surface area contributed by atoms with Gasteiger partial charge in [0, 0.05) is 12.0 Å². The van der Waals surface area contributed by atoms with E-state index in [1.807, 2.05) is 13.0 Å². The molecular formula is C18H25FN2O2. The molecule has 0 heterocycles. The number of amides is 1. The van der Waals surface area contributed by atoms with E-state index in [1.165, 1.54) is 18.9 Å². The summed E-state index contributed by atoms with van der Waals surface area (Å²) in [7, 11) is 0. The maximum Gasteiger partial charge on any atom is 0.223 e. The third-order valence-electron chi connectivity index (χ3n) is 4.83. The number of carbonyl (C=O) groups excluding carboxylic acids is 1. The first-order valence-electron chi connectivity index (χ1n) is 8.51. The Bertz CT molecular complexity index is 574. The third-order valence-corrected chi connectivity index (χ3v) is 4.83. The fourth-order valence-corrected chi connectivity index (χ4v) is 3.06. The van der Waals surface area contributed by atoms with Gasteiger partial charge in [-0.05, 0) is 62.6 Å². The molecule has 1 aromatic rings. The van der Waals surface area contributed by atoms with E-state index in [0.29, 0.717) is 18.3 Å². The first-order valence-corrected chi connectivity index (χ1v) is 8.51. The summed E-state index contributed by atoms with van der Waals surface area (Å²) in [4.78, 5) is 12.2. The van der Waals surface area contributed by atoms with Gasteiger partial charge < -0.3 is 15.8 Å². The second-order valence-corrected chi connectivity index (χ2v) is 6.94. The molecule has 2 fully saturated rings. The second-order valence-electron chi connectivity index (χ2n) is 6.94. The number of rotatable bonds is 6. The van der Waals surface area contributed by atoms with Crippen molar-refractivity contribution in [2.45, 2.75) is 51.1 Å². The number of ether oxygens (including phenoxy) is 1. The van der Waals surface area contributed by atoms with Crippen molar-refractivity contribution in [1.29, 1.82) is 0 Å². The fraction of sp³-hybridized carbons (Fsp3) is 0.611. The van der Waals surface area contributed by atoms with Gasteiger partial charge in [0.1, 0.15) is 0 Å². The zero-order valence-corrected chi connectivity index (χ0v) is 13.6. The van der Waals surface area contributed by atoms with Crippen molar-refractivity contribution in [2.24, 2.45) is 17.6 Å². The van der Waals surface area contributed by atoms with Crippen LogP contribution in [-0.4, -0.2) is 18.6 Å². The number of benzene rings is 1. The van der Waals surface area contributed by atoms with Gasteiger partial charge in [0.2, 0.25) is 5.91 Å². The Kier molecular flexibility index (Phi) is 4.85. The minimum Gasteiger partial charge on any atom is -0.490 e. The van der Waals surface area contributed by atoms with Gasteiger partial charge in [0.25, 0.3) is 0 Å². The Morgan fingerprint density at radius 2 is 2.17 bits per heavy atom. The Hall–Kier alpha value is -1.62. The molecule has 0 spiro atoms. The lowest BCUT2D eigenvalue weighted by Gasteiger charge is -2.18. The van der Waals surface area contributed by atoms with Gasteiger partial charge in [-0.25, -0.2) is 4.39 Å². The van der Waals surface area contributed by atoms with Crippen LogP contribution in [0.5, 0.6) is 5.75 Å². The van der Waals surface area contributed by atoms with E-state index in [1.54, 1.807) is 6.07 Å². The molecule has 2 saturated carbocycles. The van der Waals surface area contributed by atoms with Gasteiger partial charge >= 0.3 is 0 Å². The molecule has 3 N–H and O–H groups in total. The van der Waals surface area contributed by atoms with Gasteiger partial charge in [-0.1, -0.05) is 6.07 Å². The molecule has 0 aromatic heterocycles. The van der Waals surface area contributed by atoms with Crippen molar-refractivity contribution in [3.63, 3.8) is 0 Å². The minimum absolute atomic E-state index is 0.0138. The van der Waals surface area contributed by atoms with Crippen molar-refractivity contribution in [3.8, 4) is 5.75 Å². The SMILES string of the molecule is CC(NC(=O)C1CCC(N)C1)c1ccc(OCC2CC2)c(F)c1. The van der Waals surface area contributed by atoms with Crippen molar-refractivity contribution >= 4 is 5.91 Å². The molecule has 2 aliphatic rings. The fourth-order valence-electron chi connectivity index (χ4n) is 3.06. The van der Waals surface area contributed by atoms with Crippen LogP contribution in [0.3, 0.4) is 0 Å². The van der Waals surface area contributed by atoms with Crippen LogP contribution in [0, 0.1) is 17.7 Å². The number of carbonyl (C=O) groups is 1. The van der Waals surface area contributed by atoms with Crippen LogP contribution in [0.4, 0.5) is 4.39 Å². The largest absolute Gasteiger partial charge is 0.490 e. The molecule has 5 heteroatoms. The molecule has 0 bridgehead atoms. The van der Waals surface area contributed by atoms with E-state index in [9.17, 15) is 9.18 Å². The monoisotopic (exact) mass is 320 g/mol. The Balaban J connectivity index is 1.56. The highest BCUT2D eigenvalue weighted by atomic mass is 19.1. The van der Waals surface area contributed by atoms with E-state index in [2.05, 4.69) is 5.32 Å². The van der Waals surface area contributed by atoms with Crippen molar-refractivity contribution < 1.29 is 13.9 Å². The average molecular weight is 320 g/mol. The smallest absolute Gasteiger partial charge is 0.223 e. The van der Waals surface area contributed by atoms with Crippen molar-refractivity contribution in [1.82, 2.24) is 5.32 Å². The molecule has 3 rings (SSSR count). The molecule has 3 atom stereocenters. The van der Waals surface area contributed by atoms with Gasteiger partial charge in [-0.15, -0.1) is 0 Å². The molecule has 4 nitrogen and oxygen atoms in total. The van der Waals surface area contributed by atoms with Gasteiger partial charge in [-0.2, -0.15) is 0 Å². The lowest BCUT2D eigenvalue weighted by molar-refractivity contribution is -0.125. The van der Waals surface area contributed by atoms with E-state index in [0.717, 1.165) is 24.8 Å². The summed E-state index contributed by atoms with van der Waals surface area (Å²) in [6.45, 7) is 2.46. The molecule has 2 aliphatic carbocycles. The van der Waals surface area contributed by atoms with Crippen LogP contribution >= 0.6 is 0 Å². The van der Waals surface area contributed by atoms with Crippen LogP contribution in [0.25, 0.3) is 0 Å². The molecule has 0 aliphatic heterocycles. The zero-order valence-electron chi connectivity index (χ0n) is 13.6. The molecular weight excluding hydrogens is 295 g/mol. The van der Waals surface area contributed by atoms with Crippen LogP contribution in [0.1, 0.15) is 50.6 Å². The number of nitrogens with two attached hydrogens (primary N) is 1. The Morgan fingerprint density at radius 1 is 1.39 bits per heavy atom.